The Morgan fingerprint density at radius 3 is 2.12 bits per heavy atom. The van der Waals surface area contributed by atoms with Crippen molar-refractivity contribution in [2.45, 2.75) is 64.5 Å². The van der Waals surface area contributed by atoms with Crippen LogP contribution in [-0.4, -0.2) is 34.7 Å². The molecule has 1 aromatic carbocycles. The lowest BCUT2D eigenvalue weighted by atomic mass is 9.71. The molecule has 4 rings (SSSR count). The van der Waals surface area contributed by atoms with Crippen LogP contribution in [0.5, 0.6) is 0 Å². The maximum absolute atomic E-state index is 10.7. The Balaban J connectivity index is 1.49. The van der Waals surface area contributed by atoms with Crippen molar-refractivity contribution in [2.24, 2.45) is 23.7 Å². The molecule has 0 bridgehead atoms. The Morgan fingerprint density at radius 2 is 1.58 bits per heavy atom. The van der Waals surface area contributed by atoms with Crippen molar-refractivity contribution in [3.63, 3.8) is 0 Å². The lowest BCUT2D eigenvalue weighted by Gasteiger charge is -2.47. The Kier molecular flexibility index (Phi) is 4.25. The number of likely N-dealkylation sites (tertiary alicyclic amines) is 1. The van der Waals surface area contributed by atoms with Crippen molar-refractivity contribution < 1.29 is 5.11 Å². The molecule has 0 radical (unpaired) electrons. The molecule has 2 aliphatic carbocycles. The summed E-state index contributed by atoms with van der Waals surface area (Å²) >= 11 is 0. The molecule has 0 amide bonds. The number of rotatable bonds is 2. The van der Waals surface area contributed by atoms with Crippen molar-refractivity contribution >= 4 is 0 Å². The van der Waals surface area contributed by atoms with E-state index >= 15 is 0 Å². The number of hydrogen-bond acceptors (Lipinski definition) is 2. The normalized spacial score (nSPS) is 37.1. The number of aliphatic hydroxyl groups is 1. The zero-order chi connectivity index (χ0) is 16.9. The topological polar surface area (TPSA) is 23.5 Å². The summed E-state index contributed by atoms with van der Waals surface area (Å²) in [4.78, 5) is 2.72. The molecule has 1 aromatic rings. The molecule has 0 unspecified atom stereocenters. The highest BCUT2D eigenvalue weighted by atomic mass is 16.3. The van der Waals surface area contributed by atoms with Crippen LogP contribution in [0.15, 0.2) is 24.3 Å². The van der Waals surface area contributed by atoms with Crippen molar-refractivity contribution in [2.75, 3.05) is 13.1 Å². The predicted octanol–water partition coefficient (Wildman–Crippen LogP) is 3.91. The molecular weight excluding hydrogens is 294 g/mol. The molecule has 0 aromatic heterocycles. The third-order valence-electron chi connectivity index (χ3n) is 7.46. The maximum Gasteiger partial charge on any atom is 0.0588 e. The van der Waals surface area contributed by atoms with E-state index in [4.69, 9.17) is 0 Å². The molecule has 1 heterocycles. The molecule has 1 saturated carbocycles. The molecule has 1 aliphatic heterocycles. The van der Waals surface area contributed by atoms with Crippen molar-refractivity contribution in [3.05, 3.63) is 35.4 Å². The van der Waals surface area contributed by atoms with Gasteiger partial charge in [0.25, 0.3) is 0 Å². The summed E-state index contributed by atoms with van der Waals surface area (Å²) in [5.41, 5.74) is 3.26. The Bertz CT molecular complexity index is 562. The van der Waals surface area contributed by atoms with Gasteiger partial charge < -0.3 is 5.11 Å². The van der Waals surface area contributed by atoms with E-state index in [0.29, 0.717) is 11.8 Å². The van der Waals surface area contributed by atoms with Crippen molar-refractivity contribution in [1.29, 1.82) is 0 Å². The molecule has 3 aliphatic rings. The van der Waals surface area contributed by atoms with Crippen LogP contribution < -0.4 is 0 Å². The van der Waals surface area contributed by atoms with Crippen LogP contribution in [0.4, 0.5) is 0 Å². The second kappa shape index (κ2) is 6.14. The van der Waals surface area contributed by atoms with Gasteiger partial charge in [0.1, 0.15) is 0 Å². The fourth-order valence-corrected chi connectivity index (χ4v) is 5.80. The van der Waals surface area contributed by atoms with E-state index < -0.39 is 0 Å². The summed E-state index contributed by atoms with van der Waals surface area (Å²) in [7, 11) is 0. The molecule has 1 saturated heterocycles. The minimum atomic E-state index is -0.122. The summed E-state index contributed by atoms with van der Waals surface area (Å²) < 4.78 is 0. The van der Waals surface area contributed by atoms with Crippen LogP contribution in [0, 0.1) is 23.7 Å². The van der Waals surface area contributed by atoms with E-state index in [1.54, 1.807) is 11.1 Å². The standard InChI is InChI=1S/C22H33NO/c1-15-8-9-20(21(24)10-15)22(2,3)23-13-18-11-16-6-4-5-7-17(16)12-19(18)14-23/h4-7,15,18-21,24H,8-14H2,1-3H3/t15-,18+,19+,20-,21-/m1/s1. The first-order valence-electron chi connectivity index (χ1n) is 9.95. The summed E-state index contributed by atoms with van der Waals surface area (Å²) in [5.74, 6) is 2.72. The molecular formula is C22H33NO. The Labute approximate surface area is 147 Å². The molecule has 24 heavy (non-hydrogen) atoms. The SMILES string of the molecule is C[C@@H]1CC[C@@H](C(C)(C)N2C[C@@H]3Cc4ccccc4C[C@H]3C2)[C@H](O)C1. The molecule has 2 nitrogen and oxygen atoms in total. The summed E-state index contributed by atoms with van der Waals surface area (Å²) in [6.45, 7) is 9.49. The van der Waals surface area contributed by atoms with Crippen LogP contribution in [-0.2, 0) is 12.8 Å². The number of benzene rings is 1. The summed E-state index contributed by atoms with van der Waals surface area (Å²) in [5, 5.41) is 10.7. The third-order valence-corrected chi connectivity index (χ3v) is 7.46. The van der Waals surface area contributed by atoms with Gasteiger partial charge >= 0.3 is 0 Å². The predicted molar refractivity (Wildman–Crippen MR) is 99.0 cm³/mol. The average Bonchev–Trinajstić information content (AvgIpc) is 2.95. The highest BCUT2D eigenvalue weighted by molar-refractivity contribution is 5.31. The van der Waals surface area contributed by atoms with Gasteiger partial charge in [-0.1, -0.05) is 37.6 Å². The van der Waals surface area contributed by atoms with Gasteiger partial charge in [0.15, 0.2) is 0 Å². The molecule has 5 atom stereocenters. The molecule has 2 fully saturated rings. The van der Waals surface area contributed by atoms with Gasteiger partial charge in [-0.05, 0) is 68.4 Å². The quantitative estimate of drug-likeness (QED) is 0.890. The molecule has 132 valence electrons. The fourth-order valence-electron chi connectivity index (χ4n) is 5.80. The van der Waals surface area contributed by atoms with E-state index in [1.165, 1.54) is 38.8 Å². The van der Waals surface area contributed by atoms with Crippen LogP contribution in [0.25, 0.3) is 0 Å². The van der Waals surface area contributed by atoms with E-state index in [2.05, 4.69) is 49.9 Å². The second-order valence-corrected chi connectivity index (χ2v) is 9.35. The van der Waals surface area contributed by atoms with Gasteiger partial charge in [0, 0.05) is 24.5 Å². The zero-order valence-corrected chi connectivity index (χ0v) is 15.5. The van der Waals surface area contributed by atoms with E-state index in [1.807, 2.05) is 0 Å². The van der Waals surface area contributed by atoms with Crippen molar-refractivity contribution in [3.8, 4) is 0 Å². The first kappa shape index (κ1) is 16.6. The van der Waals surface area contributed by atoms with Gasteiger partial charge in [-0.2, -0.15) is 0 Å². The maximum atomic E-state index is 10.7. The number of fused-ring (bicyclic) bond motifs is 2. The smallest absolute Gasteiger partial charge is 0.0588 e. The van der Waals surface area contributed by atoms with Gasteiger partial charge in [0.2, 0.25) is 0 Å². The van der Waals surface area contributed by atoms with Crippen LogP contribution in [0.2, 0.25) is 0 Å². The van der Waals surface area contributed by atoms with Gasteiger partial charge in [-0.3, -0.25) is 4.90 Å². The number of nitrogens with zero attached hydrogens (tertiary/aromatic N) is 1. The average molecular weight is 328 g/mol. The monoisotopic (exact) mass is 327 g/mol. The highest BCUT2D eigenvalue weighted by Gasteiger charge is 2.47. The Morgan fingerprint density at radius 1 is 1.00 bits per heavy atom. The highest BCUT2D eigenvalue weighted by Crippen LogP contribution is 2.44. The minimum absolute atomic E-state index is 0.114. The molecule has 1 N–H and O–H groups in total. The lowest BCUT2D eigenvalue weighted by molar-refractivity contribution is -0.0384. The minimum Gasteiger partial charge on any atom is -0.393 e. The van der Waals surface area contributed by atoms with Crippen molar-refractivity contribution in [1.82, 2.24) is 4.90 Å². The second-order valence-electron chi connectivity index (χ2n) is 9.35. The lowest BCUT2D eigenvalue weighted by Crippen LogP contribution is -2.53. The summed E-state index contributed by atoms with van der Waals surface area (Å²) in [6.07, 6.45) is 5.82. The van der Waals surface area contributed by atoms with Gasteiger partial charge in [-0.25, -0.2) is 0 Å². The van der Waals surface area contributed by atoms with Crippen LogP contribution in [0.1, 0.15) is 51.2 Å². The molecule has 2 heteroatoms. The first-order chi connectivity index (χ1) is 11.4. The van der Waals surface area contributed by atoms with E-state index in [0.717, 1.165) is 18.3 Å². The fraction of sp³-hybridized carbons (Fsp3) is 0.727. The number of aliphatic hydroxyl groups excluding tert-OH is 1. The third kappa shape index (κ3) is 2.82. The zero-order valence-electron chi connectivity index (χ0n) is 15.5. The van der Waals surface area contributed by atoms with E-state index in [9.17, 15) is 5.11 Å². The summed E-state index contributed by atoms with van der Waals surface area (Å²) in [6, 6.07) is 9.03. The number of hydrogen-bond donors (Lipinski definition) is 1. The first-order valence-corrected chi connectivity index (χ1v) is 9.95. The van der Waals surface area contributed by atoms with Gasteiger partial charge in [-0.15, -0.1) is 0 Å². The largest absolute Gasteiger partial charge is 0.393 e. The van der Waals surface area contributed by atoms with Crippen LogP contribution in [0.3, 0.4) is 0 Å². The van der Waals surface area contributed by atoms with Crippen LogP contribution >= 0.6 is 0 Å². The van der Waals surface area contributed by atoms with Gasteiger partial charge in [0.05, 0.1) is 6.10 Å². The molecule has 0 spiro atoms. The van der Waals surface area contributed by atoms with E-state index in [-0.39, 0.29) is 11.6 Å². The Hall–Kier alpha value is -0.860.